The summed E-state index contributed by atoms with van der Waals surface area (Å²) in [5.74, 6) is 0.227. The molecule has 0 radical (unpaired) electrons. The van der Waals surface area contributed by atoms with Gasteiger partial charge in [0.2, 0.25) is 11.8 Å². The Balaban J connectivity index is 2.08. The molecule has 0 saturated carbocycles. The van der Waals surface area contributed by atoms with Crippen LogP contribution in [0.2, 0.25) is 0 Å². The van der Waals surface area contributed by atoms with Crippen LogP contribution in [0.1, 0.15) is 39.2 Å². The van der Waals surface area contributed by atoms with Crippen molar-refractivity contribution in [2.24, 2.45) is 5.92 Å². The third-order valence-corrected chi connectivity index (χ3v) is 4.12. The number of aromatic nitrogens is 1. The summed E-state index contributed by atoms with van der Waals surface area (Å²) in [6, 6.07) is 3.94. The molecule has 0 aromatic carbocycles. The van der Waals surface area contributed by atoms with E-state index in [1.165, 1.54) is 0 Å². The van der Waals surface area contributed by atoms with E-state index < -0.39 is 0 Å². The number of nitrogens with zero attached hydrogens (tertiary/aromatic N) is 3. The van der Waals surface area contributed by atoms with E-state index in [-0.39, 0.29) is 23.8 Å². The van der Waals surface area contributed by atoms with Gasteiger partial charge in [-0.05, 0) is 24.5 Å². The molecule has 0 bridgehead atoms. The first kappa shape index (κ1) is 16.5. The molecule has 1 aliphatic heterocycles. The van der Waals surface area contributed by atoms with Crippen molar-refractivity contribution in [2.75, 3.05) is 13.1 Å². The largest absolute Gasteiger partial charge is 0.340 e. The molecule has 1 saturated heterocycles. The van der Waals surface area contributed by atoms with Crippen LogP contribution in [0.15, 0.2) is 24.5 Å². The smallest absolute Gasteiger partial charge is 0.225 e. The molecule has 0 N–H and O–H groups in total. The molecular formula is C17H25N3O2. The molecule has 1 fully saturated rings. The van der Waals surface area contributed by atoms with Gasteiger partial charge in [-0.15, -0.1) is 0 Å². The Labute approximate surface area is 132 Å². The van der Waals surface area contributed by atoms with Gasteiger partial charge >= 0.3 is 0 Å². The molecule has 1 atom stereocenters. The van der Waals surface area contributed by atoms with Gasteiger partial charge in [-0.25, -0.2) is 0 Å². The lowest BCUT2D eigenvalue weighted by Gasteiger charge is -2.39. The van der Waals surface area contributed by atoms with Crippen LogP contribution < -0.4 is 0 Å². The molecule has 5 nitrogen and oxygen atoms in total. The van der Waals surface area contributed by atoms with Gasteiger partial charge in [0, 0.05) is 50.9 Å². The summed E-state index contributed by atoms with van der Waals surface area (Å²) in [6.07, 6.45) is 5.41. The molecule has 2 amide bonds. The van der Waals surface area contributed by atoms with Crippen molar-refractivity contribution in [1.29, 1.82) is 0 Å². The summed E-state index contributed by atoms with van der Waals surface area (Å²) in [4.78, 5) is 32.1. The summed E-state index contributed by atoms with van der Waals surface area (Å²) in [5.41, 5.74) is 1.02. The Morgan fingerprint density at radius 1 is 1.45 bits per heavy atom. The fourth-order valence-corrected chi connectivity index (χ4v) is 2.96. The maximum atomic E-state index is 12.2. The highest BCUT2D eigenvalue weighted by Gasteiger charge is 2.30. The Bertz CT molecular complexity index is 516. The number of pyridine rings is 1. The van der Waals surface area contributed by atoms with Crippen molar-refractivity contribution in [2.45, 2.75) is 46.2 Å². The van der Waals surface area contributed by atoms with Gasteiger partial charge in [0.15, 0.2) is 0 Å². The standard InChI is InChI=1S/C17H25N3O2/c1-13(2)17(22)19-9-5-7-16(12-19)20(14(3)21)11-15-6-4-8-18-10-15/h4,6,8,10,13,16H,5,7,9,11-12H2,1-3H3. The Morgan fingerprint density at radius 3 is 2.82 bits per heavy atom. The van der Waals surface area contributed by atoms with Crippen LogP contribution in [-0.4, -0.2) is 45.7 Å². The predicted octanol–water partition coefficient (Wildman–Crippen LogP) is 2.08. The topological polar surface area (TPSA) is 53.5 Å². The molecule has 1 aromatic heterocycles. The third kappa shape index (κ3) is 4.06. The molecule has 120 valence electrons. The zero-order chi connectivity index (χ0) is 16.1. The van der Waals surface area contributed by atoms with E-state index in [4.69, 9.17) is 0 Å². The van der Waals surface area contributed by atoms with Crippen LogP contribution in [0, 0.1) is 5.92 Å². The van der Waals surface area contributed by atoms with Crippen molar-refractivity contribution < 1.29 is 9.59 Å². The highest BCUT2D eigenvalue weighted by Crippen LogP contribution is 2.20. The molecule has 2 heterocycles. The van der Waals surface area contributed by atoms with Gasteiger partial charge in [0.1, 0.15) is 0 Å². The predicted molar refractivity (Wildman–Crippen MR) is 84.9 cm³/mol. The first-order chi connectivity index (χ1) is 10.5. The normalized spacial score (nSPS) is 18.4. The second kappa shape index (κ2) is 7.38. The Kier molecular flexibility index (Phi) is 5.52. The number of amides is 2. The summed E-state index contributed by atoms with van der Waals surface area (Å²) in [5, 5.41) is 0. The number of carbonyl (C=O) groups is 2. The molecule has 2 rings (SSSR count). The monoisotopic (exact) mass is 303 g/mol. The second-order valence-corrected chi connectivity index (χ2v) is 6.24. The summed E-state index contributed by atoms with van der Waals surface area (Å²) in [7, 11) is 0. The third-order valence-electron chi connectivity index (χ3n) is 4.12. The molecule has 1 aromatic rings. The van der Waals surface area contributed by atoms with Crippen LogP contribution in [0.25, 0.3) is 0 Å². The molecule has 1 unspecified atom stereocenters. The van der Waals surface area contributed by atoms with Gasteiger partial charge < -0.3 is 9.80 Å². The minimum absolute atomic E-state index is 0.00264. The zero-order valence-corrected chi connectivity index (χ0v) is 13.7. The fourth-order valence-electron chi connectivity index (χ4n) is 2.96. The number of carbonyl (C=O) groups excluding carboxylic acids is 2. The lowest BCUT2D eigenvalue weighted by molar-refractivity contribution is -0.141. The zero-order valence-electron chi connectivity index (χ0n) is 13.7. The van der Waals surface area contributed by atoms with Gasteiger partial charge in [0.25, 0.3) is 0 Å². The fraction of sp³-hybridized carbons (Fsp3) is 0.588. The van der Waals surface area contributed by atoms with E-state index in [2.05, 4.69) is 4.98 Å². The molecule has 5 heteroatoms. The lowest BCUT2D eigenvalue weighted by Crippen LogP contribution is -2.51. The van der Waals surface area contributed by atoms with Crippen molar-refractivity contribution in [3.05, 3.63) is 30.1 Å². The number of hydrogen-bond acceptors (Lipinski definition) is 3. The minimum atomic E-state index is 0.00264. The molecule has 0 aliphatic carbocycles. The van der Waals surface area contributed by atoms with E-state index >= 15 is 0 Å². The van der Waals surface area contributed by atoms with Crippen molar-refractivity contribution >= 4 is 11.8 Å². The van der Waals surface area contributed by atoms with Gasteiger partial charge in [-0.2, -0.15) is 0 Å². The summed E-state index contributed by atoms with van der Waals surface area (Å²) >= 11 is 0. The number of rotatable bonds is 4. The average molecular weight is 303 g/mol. The van der Waals surface area contributed by atoms with Gasteiger partial charge in [-0.3, -0.25) is 14.6 Å². The van der Waals surface area contributed by atoms with Gasteiger partial charge in [0.05, 0.1) is 0 Å². The van der Waals surface area contributed by atoms with Crippen LogP contribution in [0.4, 0.5) is 0 Å². The van der Waals surface area contributed by atoms with Crippen LogP contribution >= 0.6 is 0 Å². The van der Waals surface area contributed by atoms with Crippen molar-refractivity contribution in [3.63, 3.8) is 0 Å². The Hall–Kier alpha value is -1.91. The van der Waals surface area contributed by atoms with Gasteiger partial charge in [-0.1, -0.05) is 19.9 Å². The minimum Gasteiger partial charge on any atom is -0.340 e. The maximum absolute atomic E-state index is 12.2. The molecule has 22 heavy (non-hydrogen) atoms. The van der Waals surface area contributed by atoms with E-state index in [0.29, 0.717) is 13.1 Å². The second-order valence-electron chi connectivity index (χ2n) is 6.24. The SMILES string of the molecule is CC(=O)N(Cc1cccnc1)C1CCCN(C(=O)C(C)C)C1. The molecular weight excluding hydrogens is 278 g/mol. The van der Waals surface area contributed by atoms with Crippen molar-refractivity contribution in [3.8, 4) is 0 Å². The van der Waals surface area contributed by atoms with E-state index in [1.807, 2.05) is 35.8 Å². The number of piperidine rings is 1. The Morgan fingerprint density at radius 2 is 2.23 bits per heavy atom. The molecule has 1 aliphatic rings. The summed E-state index contributed by atoms with van der Waals surface area (Å²) in [6.45, 7) is 7.43. The number of likely N-dealkylation sites (tertiary alicyclic amines) is 1. The molecule has 0 spiro atoms. The lowest BCUT2D eigenvalue weighted by atomic mass is 10.0. The van der Waals surface area contributed by atoms with E-state index in [9.17, 15) is 9.59 Å². The van der Waals surface area contributed by atoms with Crippen LogP contribution in [0.3, 0.4) is 0 Å². The highest BCUT2D eigenvalue weighted by molar-refractivity contribution is 5.78. The average Bonchev–Trinajstić information content (AvgIpc) is 2.52. The first-order valence-electron chi connectivity index (χ1n) is 7.94. The highest BCUT2D eigenvalue weighted by atomic mass is 16.2. The van der Waals surface area contributed by atoms with E-state index in [0.717, 1.165) is 24.9 Å². The van der Waals surface area contributed by atoms with Crippen molar-refractivity contribution in [1.82, 2.24) is 14.8 Å². The van der Waals surface area contributed by atoms with Crippen LogP contribution in [-0.2, 0) is 16.1 Å². The first-order valence-corrected chi connectivity index (χ1v) is 7.94. The summed E-state index contributed by atoms with van der Waals surface area (Å²) < 4.78 is 0. The maximum Gasteiger partial charge on any atom is 0.225 e. The van der Waals surface area contributed by atoms with E-state index in [1.54, 1.807) is 19.3 Å². The number of hydrogen-bond donors (Lipinski definition) is 0. The quantitative estimate of drug-likeness (QED) is 0.855. The van der Waals surface area contributed by atoms with Crippen LogP contribution in [0.5, 0.6) is 0 Å².